The lowest BCUT2D eigenvalue weighted by molar-refractivity contribution is -0.148. The monoisotopic (exact) mass is 362 g/mol. The fourth-order valence-electron chi connectivity index (χ4n) is 1.90. The Bertz CT molecular complexity index is 667. The largest absolute Gasteiger partial charge is 0.456 e. The number of amides is 1. The van der Waals surface area contributed by atoms with E-state index in [1.807, 2.05) is 19.9 Å². The van der Waals surface area contributed by atoms with E-state index in [1.165, 1.54) is 11.1 Å². The average Bonchev–Trinajstić information content (AvgIpc) is 2.56. The molecule has 0 saturated heterocycles. The molecule has 0 fully saturated rings. The van der Waals surface area contributed by atoms with Gasteiger partial charge in [0.2, 0.25) is 0 Å². The molecule has 1 aromatic rings. The topological polar surface area (TPSA) is 79.2 Å². The van der Waals surface area contributed by atoms with Crippen molar-refractivity contribution in [2.75, 3.05) is 12.4 Å². The second kappa shape index (κ2) is 9.47. The molecule has 0 saturated carbocycles. The maximum Gasteiger partial charge on any atom is 0.307 e. The van der Waals surface area contributed by atoms with Crippen molar-refractivity contribution in [2.45, 2.75) is 51.5 Å². The molecule has 25 heavy (non-hydrogen) atoms. The van der Waals surface area contributed by atoms with E-state index in [1.54, 1.807) is 18.7 Å². The first-order valence-electron chi connectivity index (χ1n) is 8.26. The summed E-state index contributed by atoms with van der Waals surface area (Å²) in [5.41, 5.74) is 1.48. The summed E-state index contributed by atoms with van der Waals surface area (Å²) in [6, 6.07) is 8.26. The Morgan fingerprint density at radius 1 is 1.32 bits per heavy atom. The van der Waals surface area contributed by atoms with Gasteiger partial charge in [0.05, 0.1) is 12.5 Å². The highest BCUT2D eigenvalue weighted by Crippen LogP contribution is 2.21. The van der Waals surface area contributed by atoms with Gasteiger partial charge in [0.25, 0.3) is 5.91 Å². The molecular formula is C19H26N2O3S. The third-order valence-electron chi connectivity index (χ3n) is 4.20. The van der Waals surface area contributed by atoms with Gasteiger partial charge in [0.15, 0.2) is 6.61 Å². The molecule has 0 aliphatic carbocycles. The van der Waals surface area contributed by atoms with E-state index in [0.717, 1.165) is 4.90 Å². The van der Waals surface area contributed by atoms with Crippen LogP contribution in [0.15, 0.2) is 23.1 Å². The second-order valence-electron chi connectivity index (χ2n) is 6.52. The molecule has 0 bridgehead atoms. The van der Waals surface area contributed by atoms with Crippen LogP contribution in [-0.4, -0.2) is 29.8 Å². The van der Waals surface area contributed by atoms with Crippen molar-refractivity contribution in [1.29, 1.82) is 5.26 Å². The SMILES string of the molecule is Cc1ccc(SCCC(=O)OCC(=O)N[C@](C)(C#N)C(C)C)cc1C. The molecule has 0 unspecified atom stereocenters. The summed E-state index contributed by atoms with van der Waals surface area (Å²) in [4.78, 5) is 24.7. The molecule has 0 radical (unpaired) electrons. The van der Waals surface area contributed by atoms with Gasteiger partial charge in [-0.1, -0.05) is 19.9 Å². The molecule has 1 atom stereocenters. The van der Waals surface area contributed by atoms with Crippen LogP contribution in [0.5, 0.6) is 0 Å². The van der Waals surface area contributed by atoms with Crippen molar-refractivity contribution < 1.29 is 14.3 Å². The number of carbonyl (C=O) groups is 2. The number of nitriles is 1. The smallest absolute Gasteiger partial charge is 0.307 e. The molecule has 1 N–H and O–H groups in total. The summed E-state index contributed by atoms with van der Waals surface area (Å²) in [5, 5.41) is 11.8. The number of hydrogen-bond donors (Lipinski definition) is 1. The minimum absolute atomic E-state index is 0.0495. The molecule has 1 aromatic carbocycles. The standard InChI is InChI=1S/C19H26N2O3S/c1-13(2)19(5,12-20)21-17(22)11-24-18(23)8-9-25-16-7-6-14(3)15(4)10-16/h6-7,10,13H,8-9,11H2,1-5H3,(H,21,22)/t19-/m1/s1. The van der Waals surface area contributed by atoms with Crippen molar-refractivity contribution in [2.24, 2.45) is 5.92 Å². The number of esters is 1. The Kier molecular flexibility index (Phi) is 7.98. The molecule has 1 amide bonds. The van der Waals surface area contributed by atoms with Crippen LogP contribution in [0, 0.1) is 31.1 Å². The van der Waals surface area contributed by atoms with E-state index in [4.69, 9.17) is 10.00 Å². The van der Waals surface area contributed by atoms with Crippen molar-refractivity contribution in [3.8, 4) is 6.07 Å². The van der Waals surface area contributed by atoms with E-state index in [2.05, 4.69) is 37.4 Å². The Hall–Kier alpha value is -2.00. The lowest BCUT2D eigenvalue weighted by Crippen LogP contribution is -2.50. The van der Waals surface area contributed by atoms with Crippen LogP contribution in [0.4, 0.5) is 0 Å². The summed E-state index contributed by atoms with van der Waals surface area (Å²) in [6.45, 7) is 9.09. The predicted octanol–water partition coefficient (Wildman–Crippen LogP) is 3.38. The van der Waals surface area contributed by atoms with E-state index in [-0.39, 0.29) is 18.9 Å². The fraction of sp³-hybridized carbons (Fsp3) is 0.526. The van der Waals surface area contributed by atoms with Crippen LogP contribution in [-0.2, 0) is 14.3 Å². The Labute approximate surface area is 154 Å². The molecule has 0 spiro atoms. The van der Waals surface area contributed by atoms with Gasteiger partial charge in [0, 0.05) is 10.6 Å². The lowest BCUT2D eigenvalue weighted by Gasteiger charge is -2.27. The maximum atomic E-state index is 11.8. The predicted molar refractivity (Wildman–Crippen MR) is 99.2 cm³/mol. The van der Waals surface area contributed by atoms with E-state index >= 15 is 0 Å². The van der Waals surface area contributed by atoms with Crippen LogP contribution < -0.4 is 5.32 Å². The van der Waals surface area contributed by atoms with Gasteiger partial charge in [-0.2, -0.15) is 5.26 Å². The Balaban J connectivity index is 2.34. The van der Waals surface area contributed by atoms with E-state index in [9.17, 15) is 9.59 Å². The molecule has 0 aliphatic heterocycles. The molecule has 136 valence electrons. The summed E-state index contributed by atoms with van der Waals surface area (Å²) in [6.07, 6.45) is 0.227. The third kappa shape index (κ3) is 6.79. The highest BCUT2D eigenvalue weighted by molar-refractivity contribution is 7.99. The van der Waals surface area contributed by atoms with Gasteiger partial charge in [-0.25, -0.2) is 0 Å². The van der Waals surface area contributed by atoms with Crippen LogP contribution in [0.1, 0.15) is 38.3 Å². The Morgan fingerprint density at radius 3 is 2.56 bits per heavy atom. The number of nitrogens with one attached hydrogen (secondary N) is 1. The number of ether oxygens (including phenoxy) is 1. The Morgan fingerprint density at radius 2 is 2.00 bits per heavy atom. The van der Waals surface area contributed by atoms with Gasteiger partial charge < -0.3 is 10.1 Å². The van der Waals surface area contributed by atoms with Gasteiger partial charge in [-0.3, -0.25) is 9.59 Å². The third-order valence-corrected chi connectivity index (χ3v) is 5.20. The average molecular weight is 362 g/mol. The zero-order chi connectivity index (χ0) is 19.0. The van der Waals surface area contributed by atoms with Crippen molar-refractivity contribution in [3.05, 3.63) is 29.3 Å². The number of hydrogen-bond acceptors (Lipinski definition) is 5. The number of thioether (sulfide) groups is 1. The zero-order valence-corrected chi connectivity index (χ0v) is 16.3. The van der Waals surface area contributed by atoms with E-state index in [0.29, 0.717) is 5.75 Å². The highest BCUT2D eigenvalue weighted by atomic mass is 32.2. The summed E-state index contributed by atoms with van der Waals surface area (Å²) < 4.78 is 4.98. The molecule has 0 aromatic heterocycles. The molecule has 6 heteroatoms. The van der Waals surface area contributed by atoms with Crippen LogP contribution in [0.3, 0.4) is 0 Å². The highest BCUT2D eigenvalue weighted by Gasteiger charge is 2.30. The van der Waals surface area contributed by atoms with Crippen molar-refractivity contribution in [3.63, 3.8) is 0 Å². The number of aryl methyl sites for hydroxylation is 2. The second-order valence-corrected chi connectivity index (χ2v) is 7.69. The number of carbonyl (C=O) groups excluding carboxylic acids is 2. The van der Waals surface area contributed by atoms with Crippen LogP contribution in [0.25, 0.3) is 0 Å². The normalized spacial score (nSPS) is 13.0. The van der Waals surface area contributed by atoms with E-state index < -0.39 is 17.4 Å². The first kappa shape index (κ1) is 21.0. The summed E-state index contributed by atoms with van der Waals surface area (Å²) >= 11 is 1.58. The minimum atomic E-state index is -0.970. The first-order chi connectivity index (χ1) is 11.7. The molecule has 1 rings (SSSR count). The fourth-order valence-corrected chi connectivity index (χ4v) is 2.83. The van der Waals surface area contributed by atoms with Crippen LogP contribution in [0.2, 0.25) is 0 Å². The van der Waals surface area contributed by atoms with Crippen molar-refractivity contribution >= 4 is 23.6 Å². The van der Waals surface area contributed by atoms with Gasteiger partial charge in [0.1, 0.15) is 5.54 Å². The minimum Gasteiger partial charge on any atom is -0.456 e. The molecule has 5 nitrogen and oxygen atoms in total. The number of benzene rings is 1. The van der Waals surface area contributed by atoms with Gasteiger partial charge in [-0.05, 0) is 49.9 Å². The summed E-state index contributed by atoms with van der Waals surface area (Å²) in [5.74, 6) is -0.348. The molecular weight excluding hydrogens is 336 g/mol. The van der Waals surface area contributed by atoms with Crippen LogP contribution >= 0.6 is 11.8 Å². The zero-order valence-electron chi connectivity index (χ0n) is 15.5. The molecule has 0 aliphatic rings. The maximum absolute atomic E-state index is 11.8. The van der Waals surface area contributed by atoms with Gasteiger partial charge >= 0.3 is 5.97 Å². The number of nitrogens with zero attached hydrogens (tertiary/aromatic N) is 1. The lowest BCUT2D eigenvalue weighted by atomic mass is 9.90. The van der Waals surface area contributed by atoms with Crippen molar-refractivity contribution in [1.82, 2.24) is 5.32 Å². The molecule has 0 heterocycles. The quantitative estimate of drug-likeness (QED) is 0.566. The summed E-state index contributed by atoms with van der Waals surface area (Å²) in [7, 11) is 0. The first-order valence-corrected chi connectivity index (χ1v) is 9.24. The van der Waals surface area contributed by atoms with Gasteiger partial charge in [-0.15, -0.1) is 11.8 Å². The number of rotatable bonds is 8.